The third kappa shape index (κ3) is 3.84. The van der Waals surface area contributed by atoms with Crippen molar-refractivity contribution >= 4 is 21.4 Å². The van der Waals surface area contributed by atoms with E-state index < -0.39 is 10.0 Å². The fourth-order valence-corrected chi connectivity index (χ4v) is 4.33. The number of hydrogen-bond acceptors (Lipinski definition) is 6. The van der Waals surface area contributed by atoms with Gasteiger partial charge >= 0.3 is 0 Å². The molecule has 3 rings (SSSR count). The number of aromatic nitrogens is 2. The monoisotopic (exact) mass is 349 g/mol. The summed E-state index contributed by atoms with van der Waals surface area (Å²) >= 11 is 1.24. The van der Waals surface area contributed by atoms with E-state index in [1.807, 2.05) is 37.3 Å². The molecule has 1 aromatic carbocycles. The van der Waals surface area contributed by atoms with Gasteiger partial charge in [-0.2, -0.15) is 0 Å². The minimum absolute atomic E-state index is 0.204. The smallest absolute Gasteiger partial charge is 0.250 e. The Labute approximate surface area is 138 Å². The zero-order chi connectivity index (χ0) is 16.3. The largest absolute Gasteiger partial charge is 0.421 e. The summed E-state index contributed by atoms with van der Waals surface area (Å²) in [6, 6.07) is 12.8. The second-order valence-corrected chi connectivity index (χ2v) is 8.16. The highest BCUT2D eigenvalue weighted by Crippen LogP contribution is 2.20. The highest BCUT2D eigenvalue weighted by molar-refractivity contribution is 7.91. The maximum absolute atomic E-state index is 12.1. The van der Waals surface area contributed by atoms with Gasteiger partial charge in [0.1, 0.15) is 4.21 Å². The van der Waals surface area contributed by atoms with Gasteiger partial charge in [0.05, 0.1) is 0 Å². The Bertz CT molecular complexity index is 886. The molecule has 0 spiro atoms. The van der Waals surface area contributed by atoms with E-state index in [1.54, 1.807) is 12.1 Å². The standard InChI is InChI=1S/C15H15N3O3S2/c1-11-7-8-14(22-11)23(19,20)16-10-9-13-17-18-15(21-13)12-5-3-2-4-6-12/h2-8,16H,9-10H2,1H3. The van der Waals surface area contributed by atoms with Crippen molar-refractivity contribution in [2.75, 3.05) is 6.54 Å². The fourth-order valence-electron chi connectivity index (χ4n) is 1.97. The first kappa shape index (κ1) is 15.9. The number of nitrogens with one attached hydrogen (secondary N) is 1. The molecule has 0 saturated carbocycles. The molecule has 2 heterocycles. The van der Waals surface area contributed by atoms with E-state index in [0.717, 1.165) is 10.4 Å². The van der Waals surface area contributed by atoms with Gasteiger partial charge in [-0.05, 0) is 31.2 Å². The lowest BCUT2D eigenvalue weighted by atomic mass is 10.2. The Morgan fingerprint density at radius 3 is 2.61 bits per heavy atom. The van der Waals surface area contributed by atoms with Crippen molar-refractivity contribution < 1.29 is 12.8 Å². The first-order valence-electron chi connectivity index (χ1n) is 6.98. The van der Waals surface area contributed by atoms with Crippen LogP contribution in [0.15, 0.2) is 51.1 Å². The Morgan fingerprint density at radius 1 is 1.13 bits per heavy atom. The van der Waals surface area contributed by atoms with Crippen molar-refractivity contribution in [3.05, 3.63) is 53.2 Å². The molecule has 0 fully saturated rings. The van der Waals surface area contributed by atoms with Gasteiger partial charge < -0.3 is 4.42 Å². The predicted octanol–water partition coefficient (Wildman–Crippen LogP) is 2.63. The summed E-state index contributed by atoms with van der Waals surface area (Å²) in [5, 5.41) is 7.91. The lowest BCUT2D eigenvalue weighted by Crippen LogP contribution is -2.25. The highest BCUT2D eigenvalue weighted by atomic mass is 32.2. The maximum atomic E-state index is 12.1. The first-order valence-corrected chi connectivity index (χ1v) is 9.28. The van der Waals surface area contributed by atoms with Gasteiger partial charge in [-0.1, -0.05) is 18.2 Å². The number of hydrogen-bond donors (Lipinski definition) is 1. The molecule has 0 radical (unpaired) electrons. The third-order valence-electron chi connectivity index (χ3n) is 3.10. The minimum atomic E-state index is -3.48. The molecular formula is C15H15N3O3S2. The quantitative estimate of drug-likeness (QED) is 0.739. The summed E-state index contributed by atoms with van der Waals surface area (Å²) in [6.07, 6.45) is 0.337. The SMILES string of the molecule is Cc1ccc(S(=O)(=O)NCCc2nnc(-c3ccccc3)o2)s1. The van der Waals surface area contributed by atoms with Gasteiger partial charge in [-0.3, -0.25) is 0 Å². The molecule has 3 aromatic rings. The van der Waals surface area contributed by atoms with E-state index in [4.69, 9.17) is 4.42 Å². The molecule has 0 aliphatic rings. The number of aryl methyl sites for hydroxylation is 1. The molecule has 0 aliphatic heterocycles. The van der Waals surface area contributed by atoms with Gasteiger partial charge in [0.2, 0.25) is 21.8 Å². The van der Waals surface area contributed by atoms with Gasteiger partial charge in [0.15, 0.2) is 0 Å². The zero-order valence-corrected chi connectivity index (χ0v) is 14.0. The molecule has 0 bridgehead atoms. The van der Waals surface area contributed by atoms with E-state index >= 15 is 0 Å². The molecule has 8 heteroatoms. The number of benzene rings is 1. The topological polar surface area (TPSA) is 85.1 Å². The van der Waals surface area contributed by atoms with Crippen LogP contribution in [-0.2, 0) is 16.4 Å². The Kier molecular flexibility index (Phi) is 4.56. The van der Waals surface area contributed by atoms with Crippen molar-refractivity contribution in [2.24, 2.45) is 0 Å². The summed E-state index contributed by atoms with van der Waals surface area (Å²) in [6.45, 7) is 2.07. The predicted molar refractivity (Wildman–Crippen MR) is 87.7 cm³/mol. The van der Waals surface area contributed by atoms with Gasteiger partial charge in [0.25, 0.3) is 0 Å². The number of nitrogens with zero attached hydrogens (tertiary/aromatic N) is 2. The lowest BCUT2D eigenvalue weighted by Gasteiger charge is -2.02. The first-order chi connectivity index (χ1) is 11.0. The summed E-state index contributed by atoms with van der Waals surface area (Å²) in [7, 11) is -3.48. The van der Waals surface area contributed by atoms with E-state index in [1.165, 1.54) is 11.3 Å². The molecule has 0 unspecified atom stereocenters. The summed E-state index contributed by atoms with van der Waals surface area (Å²) in [5.74, 6) is 0.825. The van der Waals surface area contributed by atoms with E-state index in [-0.39, 0.29) is 6.54 Å². The second-order valence-electron chi connectivity index (χ2n) is 4.88. The van der Waals surface area contributed by atoms with Gasteiger partial charge in [-0.25, -0.2) is 13.1 Å². The zero-order valence-electron chi connectivity index (χ0n) is 12.4. The molecule has 23 heavy (non-hydrogen) atoms. The van der Waals surface area contributed by atoms with Crippen molar-refractivity contribution in [2.45, 2.75) is 17.6 Å². The van der Waals surface area contributed by atoms with Crippen molar-refractivity contribution in [1.29, 1.82) is 0 Å². The van der Waals surface area contributed by atoms with E-state index in [0.29, 0.717) is 22.4 Å². The average molecular weight is 349 g/mol. The lowest BCUT2D eigenvalue weighted by molar-refractivity contribution is 0.502. The van der Waals surface area contributed by atoms with Crippen molar-refractivity contribution in [3.8, 4) is 11.5 Å². The van der Waals surface area contributed by atoms with Crippen molar-refractivity contribution in [3.63, 3.8) is 0 Å². The van der Waals surface area contributed by atoms with E-state index in [9.17, 15) is 8.42 Å². The number of sulfonamides is 1. The average Bonchev–Trinajstić information content (AvgIpc) is 3.17. The van der Waals surface area contributed by atoms with Gasteiger partial charge in [0, 0.05) is 23.4 Å². The van der Waals surface area contributed by atoms with Crippen LogP contribution in [0.5, 0.6) is 0 Å². The molecule has 6 nitrogen and oxygen atoms in total. The van der Waals surface area contributed by atoms with Crippen LogP contribution in [-0.4, -0.2) is 25.2 Å². The van der Waals surface area contributed by atoms with Crippen LogP contribution in [0.3, 0.4) is 0 Å². The molecule has 1 N–H and O–H groups in total. The molecule has 0 saturated heterocycles. The molecule has 0 aliphatic carbocycles. The number of rotatable bonds is 6. The molecule has 0 atom stereocenters. The normalized spacial score (nSPS) is 11.7. The highest BCUT2D eigenvalue weighted by Gasteiger charge is 2.16. The van der Waals surface area contributed by atoms with Crippen LogP contribution in [0.2, 0.25) is 0 Å². The minimum Gasteiger partial charge on any atom is -0.421 e. The van der Waals surface area contributed by atoms with Crippen LogP contribution < -0.4 is 4.72 Å². The fraction of sp³-hybridized carbons (Fsp3) is 0.200. The third-order valence-corrected chi connectivity index (χ3v) is 6.05. The second kappa shape index (κ2) is 6.61. The molecule has 0 amide bonds. The van der Waals surface area contributed by atoms with Gasteiger partial charge in [-0.15, -0.1) is 21.5 Å². The number of thiophene rings is 1. The summed E-state index contributed by atoms with van der Waals surface area (Å²) in [4.78, 5) is 0.953. The molecule has 120 valence electrons. The summed E-state index contributed by atoms with van der Waals surface area (Å²) < 4.78 is 32.6. The van der Waals surface area contributed by atoms with Crippen LogP contribution in [0.1, 0.15) is 10.8 Å². The van der Waals surface area contributed by atoms with Crippen LogP contribution in [0.4, 0.5) is 0 Å². The van der Waals surface area contributed by atoms with Crippen LogP contribution in [0.25, 0.3) is 11.5 Å². The molecule has 2 aromatic heterocycles. The molecular weight excluding hydrogens is 334 g/mol. The maximum Gasteiger partial charge on any atom is 0.250 e. The Morgan fingerprint density at radius 2 is 1.91 bits per heavy atom. The van der Waals surface area contributed by atoms with Crippen LogP contribution in [0, 0.1) is 6.92 Å². The van der Waals surface area contributed by atoms with Crippen molar-refractivity contribution in [1.82, 2.24) is 14.9 Å². The van der Waals surface area contributed by atoms with Crippen LogP contribution >= 0.6 is 11.3 Å². The Balaban J connectivity index is 1.60. The summed E-state index contributed by atoms with van der Waals surface area (Å²) in [5.41, 5.74) is 0.834. The van der Waals surface area contributed by atoms with E-state index in [2.05, 4.69) is 14.9 Å². The Hall–Kier alpha value is -2.03.